The lowest BCUT2D eigenvalue weighted by Gasteiger charge is -2.36. The lowest BCUT2D eigenvalue weighted by Crippen LogP contribution is -2.43. The molecule has 5 nitrogen and oxygen atoms in total. The SMILES string of the molecule is CC(CCO[Si](C)(C)C(C)(C)C)Oc1cc(Cl)ncc1-c1ccc(CN2CCN(C)CC2)cc1. The molecule has 3 rings (SSSR count). The second kappa shape index (κ2) is 11.5. The summed E-state index contributed by atoms with van der Waals surface area (Å²) in [5.41, 5.74) is 3.38. The summed E-state index contributed by atoms with van der Waals surface area (Å²) in [6.07, 6.45) is 2.65. The largest absolute Gasteiger partial charge is 0.490 e. The molecule has 1 aliphatic heterocycles. The molecule has 0 saturated carbocycles. The quantitative estimate of drug-likeness (QED) is 0.295. The van der Waals surface area contributed by atoms with Crippen LogP contribution in [0, 0.1) is 0 Å². The highest BCUT2D eigenvalue weighted by molar-refractivity contribution is 6.74. The fraction of sp³-hybridized carbons (Fsp3) is 0.593. The molecule has 0 aliphatic carbocycles. The van der Waals surface area contributed by atoms with Gasteiger partial charge in [0.1, 0.15) is 10.9 Å². The van der Waals surface area contributed by atoms with Gasteiger partial charge in [0, 0.05) is 63.6 Å². The molecule has 1 unspecified atom stereocenters. The molecule has 0 N–H and O–H groups in total. The number of benzene rings is 1. The fourth-order valence-corrected chi connectivity index (χ4v) is 4.96. The molecular weight excluding hydrogens is 462 g/mol. The number of likely N-dealkylation sites (N-methyl/N-ethyl adjacent to an activating group) is 1. The third-order valence-corrected chi connectivity index (χ3v) is 12.0. The minimum absolute atomic E-state index is 0.0125. The first-order valence-corrected chi connectivity index (χ1v) is 15.7. The van der Waals surface area contributed by atoms with E-state index in [1.807, 2.05) is 12.3 Å². The minimum atomic E-state index is -1.75. The van der Waals surface area contributed by atoms with Crippen molar-refractivity contribution in [3.05, 3.63) is 47.2 Å². The zero-order chi connectivity index (χ0) is 24.9. The molecule has 2 aromatic rings. The summed E-state index contributed by atoms with van der Waals surface area (Å²) >= 11 is 6.23. The summed E-state index contributed by atoms with van der Waals surface area (Å²) in [7, 11) is 0.435. The Morgan fingerprint density at radius 2 is 1.74 bits per heavy atom. The van der Waals surface area contributed by atoms with E-state index in [9.17, 15) is 0 Å². The summed E-state index contributed by atoms with van der Waals surface area (Å²) in [5, 5.41) is 0.648. The second-order valence-electron chi connectivity index (χ2n) is 11.1. The van der Waals surface area contributed by atoms with Crippen LogP contribution in [0.3, 0.4) is 0 Å². The van der Waals surface area contributed by atoms with E-state index in [0.29, 0.717) is 11.8 Å². The maximum atomic E-state index is 6.34. The van der Waals surface area contributed by atoms with Gasteiger partial charge in [0.2, 0.25) is 0 Å². The molecule has 0 amide bonds. The highest BCUT2D eigenvalue weighted by Gasteiger charge is 2.37. The first-order chi connectivity index (χ1) is 15.9. The maximum absolute atomic E-state index is 6.34. The van der Waals surface area contributed by atoms with Crippen LogP contribution in [0.2, 0.25) is 23.3 Å². The van der Waals surface area contributed by atoms with Gasteiger partial charge < -0.3 is 14.1 Å². The van der Waals surface area contributed by atoms with Crippen LogP contribution in [0.5, 0.6) is 5.75 Å². The normalized spacial score (nSPS) is 17.1. The van der Waals surface area contributed by atoms with Gasteiger partial charge >= 0.3 is 0 Å². The average Bonchev–Trinajstić information content (AvgIpc) is 2.75. The Morgan fingerprint density at radius 3 is 2.35 bits per heavy atom. The predicted molar refractivity (Wildman–Crippen MR) is 145 cm³/mol. The molecule has 7 heteroatoms. The van der Waals surface area contributed by atoms with Crippen LogP contribution in [0.15, 0.2) is 36.5 Å². The van der Waals surface area contributed by atoms with Crippen LogP contribution in [-0.2, 0) is 11.0 Å². The molecule has 0 radical (unpaired) electrons. The lowest BCUT2D eigenvalue weighted by atomic mass is 10.0. The van der Waals surface area contributed by atoms with Gasteiger partial charge in [-0.3, -0.25) is 4.90 Å². The molecular formula is C27H42ClN3O2Si. The maximum Gasteiger partial charge on any atom is 0.191 e. The molecule has 1 saturated heterocycles. The number of hydrogen-bond acceptors (Lipinski definition) is 5. The number of pyridine rings is 1. The molecule has 188 valence electrons. The zero-order valence-electron chi connectivity index (χ0n) is 22.0. The van der Waals surface area contributed by atoms with Crippen LogP contribution >= 0.6 is 11.6 Å². The monoisotopic (exact) mass is 503 g/mol. The number of nitrogens with zero attached hydrogens (tertiary/aromatic N) is 3. The predicted octanol–water partition coefficient (Wildman–Crippen LogP) is 6.33. The number of aromatic nitrogens is 1. The van der Waals surface area contributed by atoms with Gasteiger partial charge in [0.15, 0.2) is 8.32 Å². The van der Waals surface area contributed by atoms with Crippen molar-refractivity contribution in [2.45, 2.75) is 64.9 Å². The Balaban J connectivity index is 1.63. The van der Waals surface area contributed by atoms with Crippen LogP contribution in [-0.4, -0.2) is 69.0 Å². The highest BCUT2D eigenvalue weighted by Crippen LogP contribution is 2.37. The third-order valence-electron chi connectivity index (χ3n) is 7.22. The molecule has 0 spiro atoms. The van der Waals surface area contributed by atoms with E-state index in [0.717, 1.165) is 56.0 Å². The molecule has 2 heterocycles. The molecule has 1 aliphatic rings. The molecule has 1 fully saturated rings. The number of rotatable bonds is 9. The first-order valence-electron chi connectivity index (χ1n) is 12.4. The van der Waals surface area contributed by atoms with Crippen LogP contribution in [0.25, 0.3) is 11.1 Å². The molecule has 0 bridgehead atoms. The van der Waals surface area contributed by atoms with E-state index < -0.39 is 8.32 Å². The Hall–Kier alpha value is -1.44. The smallest absolute Gasteiger partial charge is 0.191 e. The van der Waals surface area contributed by atoms with Gasteiger partial charge in [-0.25, -0.2) is 4.98 Å². The number of piperazine rings is 1. The summed E-state index contributed by atoms with van der Waals surface area (Å²) in [6, 6.07) is 10.6. The number of halogens is 1. The van der Waals surface area contributed by atoms with E-state index >= 15 is 0 Å². The second-order valence-corrected chi connectivity index (χ2v) is 16.3. The summed E-state index contributed by atoms with van der Waals surface area (Å²) in [5.74, 6) is 0.770. The topological polar surface area (TPSA) is 37.8 Å². The van der Waals surface area contributed by atoms with Crippen LogP contribution in [0.4, 0.5) is 0 Å². The first kappa shape index (κ1) is 27.1. The fourth-order valence-electron chi connectivity index (χ4n) is 3.75. The number of hydrogen-bond donors (Lipinski definition) is 0. The van der Waals surface area contributed by atoms with E-state index in [2.05, 4.69) is 86.9 Å². The third kappa shape index (κ3) is 7.53. The van der Waals surface area contributed by atoms with Crippen molar-refractivity contribution in [3.63, 3.8) is 0 Å². The van der Waals surface area contributed by atoms with Gasteiger partial charge in [-0.1, -0.05) is 56.6 Å². The van der Waals surface area contributed by atoms with E-state index in [4.69, 9.17) is 20.8 Å². The van der Waals surface area contributed by atoms with Crippen LogP contribution < -0.4 is 4.74 Å². The summed E-state index contributed by atoms with van der Waals surface area (Å²) < 4.78 is 12.7. The van der Waals surface area contributed by atoms with Crippen molar-refractivity contribution in [2.24, 2.45) is 0 Å². The van der Waals surface area contributed by atoms with Crippen molar-refractivity contribution < 1.29 is 9.16 Å². The van der Waals surface area contributed by atoms with E-state index in [1.165, 1.54) is 5.56 Å². The van der Waals surface area contributed by atoms with Crippen molar-refractivity contribution in [3.8, 4) is 16.9 Å². The van der Waals surface area contributed by atoms with E-state index in [-0.39, 0.29) is 11.1 Å². The average molecular weight is 504 g/mol. The van der Waals surface area contributed by atoms with Crippen molar-refractivity contribution >= 4 is 19.9 Å². The van der Waals surface area contributed by atoms with Gasteiger partial charge in [0.25, 0.3) is 0 Å². The van der Waals surface area contributed by atoms with Crippen molar-refractivity contribution in [2.75, 3.05) is 39.8 Å². The highest BCUT2D eigenvalue weighted by atomic mass is 35.5. The van der Waals surface area contributed by atoms with E-state index in [1.54, 1.807) is 0 Å². The van der Waals surface area contributed by atoms with Gasteiger partial charge in [0.05, 0.1) is 6.10 Å². The summed E-state index contributed by atoms with van der Waals surface area (Å²) in [6.45, 7) is 19.6. The minimum Gasteiger partial charge on any atom is -0.490 e. The van der Waals surface area contributed by atoms with Crippen molar-refractivity contribution in [1.29, 1.82) is 0 Å². The van der Waals surface area contributed by atoms with Crippen molar-refractivity contribution in [1.82, 2.24) is 14.8 Å². The molecule has 1 aromatic carbocycles. The standard InChI is InChI=1S/C27H42ClN3O2Si/c1-21(12-17-32-34(6,7)27(2,3)4)33-25-18-26(28)29-19-24(25)23-10-8-22(9-11-23)20-31-15-13-30(5)14-16-31/h8-11,18-19,21H,12-17,20H2,1-7H3. The molecule has 34 heavy (non-hydrogen) atoms. The Morgan fingerprint density at radius 1 is 1.09 bits per heavy atom. The summed E-state index contributed by atoms with van der Waals surface area (Å²) in [4.78, 5) is 9.22. The van der Waals surface area contributed by atoms with Crippen LogP contribution in [0.1, 0.15) is 39.7 Å². The zero-order valence-corrected chi connectivity index (χ0v) is 23.8. The van der Waals surface area contributed by atoms with Gasteiger partial charge in [-0.05, 0) is 43.2 Å². The molecule has 1 aromatic heterocycles. The lowest BCUT2D eigenvalue weighted by molar-refractivity contribution is 0.148. The Bertz CT molecular complexity index is 922. The Kier molecular flexibility index (Phi) is 9.21. The van der Waals surface area contributed by atoms with Gasteiger partial charge in [-0.15, -0.1) is 0 Å². The Labute approximate surface area is 212 Å². The molecule has 1 atom stereocenters. The van der Waals surface area contributed by atoms with Gasteiger partial charge in [-0.2, -0.15) is 0 Å². The number of ether oxygens (including phenoxy) is 1.